The van der Waals surface area contributed by atoms with Crippen molar-refractivity contribution in [1.29, 1.82) is 0 Å². The number of aromatic nitrogens is 1. The zero-order chi connectivity index (χ0) is 9.10. The molecule has 1 nitrogen and oxygen atoms in total. The van der Waals surface area contributed by atoms with Crippen LogP contribution < -0.4 is 0 Å². The van der Waals surface area contributed by atoms with Gasteiger partial charge in [0, 0.05) is 26.3 Å². The quantitative estimate of drug-likeness (QED) is 0.459. The van der Waals surface area contributed by atoms with Crippen molar-refractivity contribution in [2.45, 2.75) is 0 Å². The van der Waals surface area contributed by atoms with Gasteiger partial charge in [0.2, 0.25) is 0 Å². The van der Waals surface area contributed by atoms with Crippen LogP contribution in [-0.4, -0.2) is 4.98 Å². The number of hydrogen-bond acceptors (Lipinski definition) is 1. The van der Waals surface area contributed by atoms with Gasteiger partial charge in [-0.25, -0.2) is 0 Å². The molecule has 0 N–H and O–H groups in total. The summed E-state index contributed by atoms with van der Waals surface area (Å²) in [6, 6.07) is 15.1. The zero-order valence-electron chi connectivity index (χ0n) is 7.20. The summed E-state index contributed by atoms with van der Waals surface area (Å²) >= 11 is 2.28. The Hall–Kier alpha value is -0.251. The van der Waals surface area contributed by atoms with Crippen LogP contribution >= 0.6 is 22.6 Å². The predicted molar refractivity (Wildman–Crippen MR) is 61.2 cm³/mol. The van der Waals surface area contributed by atoms with Crippen LogP contribution in [0.25, 0.3) is 11.3 Å². The van der Waals surface area contributed by atoms with Crippen LogP contribution in [0.5, 0.6) is 0 Å². The fourth-order valence-electron chi connectivity index (χ4n) is 1.11. The fourth-order valence-corrected chi connectivity index (χ4v) is 1.60. The fraction of sp³-hybridized carbons (Fsp3) is 0. The Kier molecular flexibility index (Phi) is 4.72. The molecule has 0 aliphatic rings. The molecule has 1 heterocycles. The average molecular weight is 472 g/mol. The van der Waals surface area contributed by atoms with Crippen molar-refractivity contribution in [2.75, 3.05) is 0 Å². The summed E-state index contributed by atoms with van der Waals surface area (Å²) < 4.78 is 1.21. The van der Waals surface area contributed by atoms with E-state index in [4.69, 9.17) is 0 Å². The topological polar surface area (TPSA) is 12.9 Å². The van der Waals surface area contributed by atoms with Crippen molar-refractivity contribution >= 4 is 22.6 Å². The SMILES string of the molecule is Ic1cc[c-]c(-c2ccccn2)c1.[Ir]. The number of nitrogens with zero attached hydrogens (tertiary/aromatic N) is 1. The molecule has 0 saturated carbocycles. The molecule has 0 aliphatic heterocycles. The van der Waals surface area contributed by atoms with Gasteiger partial charge in [-0.15, -0.1) is 29.8 Å². The number of rotatable bonds is 1. The molecule has 14 heavy (non-hydrogen) atoms. The van der Waals surface area contributed by atoms with Gasteiger partial charge in [0.25, 0.3) is 0 Å². The first-order chi connectivity index (χ1) is 6.36. The van der Waals surface area contributed by atoms with E-state index in [2.05, 4.69) is 39.7 Å². The Morgan fingerprint density at radius 3 is 2.71 bits per heavy atom. The van der Waals surface area contributed by atoms with E-state index in [9.17, 15) is 0 Å². The summed E-state index contributed by atoms with van der Waals surface area (Å²) in [5.74, 6) is 0. The number of halogens is 1. The van der Waals surface area contributed by atoms with E-state index in [1.165, 1.54) is 3.57 Å². The van der Waals surface area contributed by atoms with Crippen LogP contribution in [0.1, 0.15) is 0 Å². The van der Waals surface area contributed by atoms with Gasteiger partial charge in [0.15, 0.2) is 0 Å². The third kappa shape index (κ3) is 2.87. The molecule has 1 aromatic carbocycles. The summed E-state index contributed by atoms with van der Waals surface area (Å²) in [6.07, 6.45) is 1.79. The molecule has 0 spiro atoms. The van der Waals surface area contributed by atoms with Crippen molar-refractivity contribution < 1.29 is 20.1 Å². The first-order valence-corrected chi connectivity index (χ1v) is 5.03. The van der Waals surface area contributed by atoms with Gasteiger partial charge in [-0.2, -0.15) is 0 Å². The maximum Gasteiger partial charge on any atom is 0.0160 e. The van der Waals surface area contributed by atoms with Gasteiger partial charge >= 0.3 is 0 Å². The summed E-state index contributed by atoms with van der Waals surface area (Å²) in [6.45, 7) is 0. The van der Waals surface area contributed by atoms with E-state index in [0.717, 1.165) is 11.3 Å². The Morgan fingerprint density at radius 2 is 2.07 bits per heavy atom. The molecule has 73 valence electrons. The largest absolute Gasteiger partial charge is 0.305 e. The van der Waals surface area contributed by atoms with Crippen molar-refractivity contribution in [3.05, 3.63) is 52.2 Å². The molecule has 1 aromatic heterocycles. The summed E-state index contributed by atoms with van der Waals surface area (Å²) in [5, 5.41) is 0. The first kappa shape index (κ1) is 11.8. The molecule has 2 aromatic rings. The molecule has 3 heteroatoms. The van der Waals surface area contributed by atoms with Gasteiger partial charge in [0.1, 0.15) is 0 Å². The maximum atomic E-state index is 4.26. The van der Waals surface area contributed by atoms with E-state index >= 15 is 0 Å². The third-order valence-electron chi connectivity index (χ3n) is 1.70. The maximum absolute atomic E-state index is 4.26. The van der Waals surface area contributed by atoms with E-state index in [0.29, 0.717) is 0 Å². The second kappa shape index (κ2) is 5.59. The summed E-state index contributed by atoms with van der Waals surface area (Å²) in [5.41, 5.74) is 2.02. The van der Waals surface area contributed by atoms with E-state index < -0.39 is 0 Å². The van der Waals surface area contributed by atoms with Crippen LogP contribution in [0, 0.1) is 9.64 Å². The molecule has 0 aliphatic carbocycles. The first-order valence-electron chi connectivity index (χ1n) is 3.95. The summed E-state index contributed by atoms with van der Waals surface area (Å²) in [7, 11) is 0. The Bertz CT molecular complexity index is 403. The molecule has 0 saturated heterocycles. The molecular weight excluding hydrogens is 465 g/mol. The molecule has 0 amide bonds. The zero-order valence-corrected chi connectivity index (χ0v) is 11.8. The van der Waals surface area contributed by atoms with Crippen LogP contribution in [0.4, 0.5) is 0 Å². The molecule has 0 atom stereocenters. The average Bonchev–Trinajstić information content (AvgIpc) is 2.19. The monoisotopic (exact) mass is 473 g/mol. The predicted octanol–water partition coefficient (Wildman–Crippen LogP) is 3.15. The van der Waals surface area contributed by atoms with E-state index in [1.807, 2.05) is 30.3 Å². The molecule has 0 unspecified atom stereocenters. The van der Waals surface area contributed by atoms with Crippen LogP contribution in [0.3, 0.4) is 0 Å². The normalized spacial score (nSPS) is 9.21. The van der Waals surface area contributed by atoms with E-state index in [1.54, 1.807) is 6.20 Å². The van der Waals surface area contributed by atoms with Crippen LogP contribution in [0.15, 0.2) is 42.6 Å². The Morgan fingerprint density at radius 1 is 1.21 bits per heavy atom. The van der Waals surface area contributed by atoms with Gasteiger partial charge in [-0.1, -0.05) is 38.3 Å². The Labute approximate surface area is 110 Å². The summed E-state index contributed by atoms with van der Waals surface area (Å²) in [4.78, 5) is 4.26. The Balaban J connectivity index is 0.000000980. The second-order valence-electron chi connectivity index (χ2n) is 2.64. The van der Waals surface area contributed by atoms with Crippen molar-refractivity contribution in [1.82, 2.24) is 4.98 Å². The number of hydrogen-bond donors (Lipinski definition) is 0. The van der Waals surface area contributed by atoms with Crippen molar-refractivity contribution in [2.24, 2.45) is 0 Å². The minimum absolute atomic E-state index is 0. The number of benzene rings is 1. The van der Waals surface area contributed by atoms with Crippen molar-refractivity contribution in [3.8, 4) is 11.3 Å². The van der Waals surface area contributed by atoms with Gasteiger partial charge in [-0.3, -0.25) is 0 Å². The standard InChI is InChI=1S/C11H7IN.Ir/c12-10-5-3-4-9(8-10)11-6-1-2-7-13-11;/h1-3,5-8H;/q-1;. The van der Waals surface area contributed by atoms with E-state index in [-0.39, 0.29) is 20.1 Å². The van der Waals surface area contributed by atoms with Crippen molar-refractivity contribution in [3.63, 3.8) is 0 Å². The molecule has 0 bridgehead atoms. The van der Waals surface area contributed by atoms with Crippen LogP contribution in [0.2, 0.25) is 0 Å². The third-order valence-corrected chi connectivity index (χ3v) is 2.38. The molecule has 0 fully saturated rings. The molecule has 1 radical (unpaired) electrons. The van der Waals surface area contributed by atoms with Gasteiger partial charge in [0.05, 0.1) is 0 Å². The molecule has 2 rings (SSSR count). The van der Waals surface area contributed by atoms with Gasteiger partial charge < -0.3 is 4.98 Å². The van der Waals surface area contributed by atoms with Crippen LogP contribution in [-0.2, 0) is 20.1 Å². The number of pyridine rings is 1. The smallest absolute Gasteiger partial charge is 0.0160 e. The minimum atomic E-state index is 0. The van der Waals surface area contributed by atoms with Gasteiger partial charge in [-0.05, 0) is 11.8 Å². The second-order valence-corrected chi connectivity index (χ2v) is 3.88. The minimum Gasteiger partial charge on any atom is -0.305 e. The molecular formula is C11H7IIrN-.